The summed E-state index contributed by atoms with van der Waals surface area (Å²) in [7, 11) is 0. The summed E-state index contributed by atoms with van der Waals surface area (Å²) in [5.41, 5.74) is 0. The van der Waals surface area contributed by atoms with E-state index in [4.69, 9.17) is 5.11 Å². The quantitative estimate of drug-likeness (QED) is 0.0450. The Labute approximate surface area is 447 Å². The molecular formula is C66H142N2O2. The topological polar surface area (TPSA) is 53.1 Å². The van der Waals surface area contributed by atoms with Crippen LogP contribution in [0.4, 0.5) is 0 Å². The van der Waals surface area contributed by atoms with E-state index in [2.05, 4.69) is 55.4 Å². The van der Waals surface area contributed by atoms with Crippen molar-refractivity contribution >= 4 is 0 Å². The Balaban J connectivity index is -0.000000581. The summed E-state index contributed by atoms with van der Waals surface area (Å²) in [6, 6.07) is 0. The summed E-state index contributed by atoms with van der Waals surface area (Å²) >= 11 is 0. The molecule has 0 radical (unpaired) electrons. The highest BCUT2D eigenvalue weighted by atomic mass is 16.2. The van der Waals surface area contributed by atoms with Gasteiger partial charge in [-0.1, -0.05) is 268 Å². The van der Waals surface area contributed by atoms with Gasteiger partial charge in [0.2, 0.25) is 0 Å². The smallest absolute Gasteiger partial charge is 0.0786 e. The third kappa shape index (κ3) is 58.7. The minimum absolute atomic E-state index is 0. The predicted molar refractivity (Wildman–Crippen MR) is 319 cm³/mol. The minimum atomic E-state index is 0. The largest absolute Gasteiger partial charge is 0.870 e. The van der Waals surface area contributed by atoms with Crippen molar-refractivity contribution in [2.75, 3.05) is 59.0 Å². The van der Waals surface area contributed by atoms with Crippen molar-refractivity contribution < 1.29 is 19.5 Å². The van der Waals surface area contributed by atoms with Gasteiger partial charge in [-0.25, -0.2) is 0 Å². The van der Waals surface area contributed by atoms with Gasteiger partial charge in [-0.3, -0.25) is 0 Å². The first-order valence-electron chi connectivity index (χ1n) is 33.2. The second-order valence-electron chi connectivity index (χ2n) is 22.9. The molecule has 0 heterocycles. The van der Waals surface area contributed by atoms with Crippen molar-refractivity contribution in [3.63, 3.8) is 0 Å². The molecule has 0 aromatic carbocycles. The number of nitrogens with zero attached hydrogens (tertiary/aromatic N) is 2. The Morgan fingerprint density at radius 2 is 0.257 bits per heavy atom. The van der Waals surface area contributed by atoms with Gasteiger partial charge >= 0.3 is 0 Å². The lowest BCUT2D eigenvalue weighted by atomic mass is 10.0. The molecule has 0 unspecified atom stereocenters. The molecule has 4 nitrogen and oxygen atoms in total. The number of hydrogen-bond acceptors (Lipinski definition) is 2. The molecule has 0 saturated carbocycles. The van der Waals surface area contributed by atoms with Crippen molar-refractivity contribution in [2.24, 2.45) is 0 Å². The van der Waals surface area contributed by atoms with Gasteiger partial charge in [0.25, 0.3) is 0 Å². The molecule has 4 heteroatoms. The Bertz CT molecular complexity index is 658. The van der Waals surface area contributed by atoms with E-state index in [9.17, 15) is 0 Å². The number of unbranched alkanes of at least 4 members (excludes halogenated alkanes) is 40. The lowest BCUT2D eigenvalue weighted by Crippen LogP contribution is -2.50. The highest BCUT2D eigenvalue weighted by Crippen LogP contribution is 2.23. The van der Waals surface area contributed by atoms with Crippen LogP contribution in [0, 0.1) is 0 Å². The van der Waals surface area contributed by atoms with E-state index >= 15 is 0 Å². The molecule has 0 aliphatic heterocycles. The van der Waals surface area contributed by atoms with Crippen LogP contribution in [-0.4, -0.2) is 73.4 Å². The van der Waals surface area contributed by atoms with Gasteiger partial charge in [-0.15, -0.1) is 6.61 Å². The molecule has 0 saturated heterocycles. The fourth-order valence-electron chi connectivity index (χ4n) is 11.2. The summed E-state index contributed by atoms with van der Waals surface area (Å²) in [5.74, 6) is 0. The average Bonchev–Trinajstić information content (AvgIpc) is 3.35. The number of quaternary nitrogens is 2. The third-order valence-electron chi connectivity index (χ3n) is 15.9. The first-order chi connectivity index (χ1) is 33.9. The van der Waals surface area contributed by atoms with Gasteiger partial charge in [-0.2, -0.15) is 0 Å². The molecule has 428 valence electrons. The minimum Gasteiger partial charge on any atom is -0.870 e. The Morgan fingerprint density at radius 1 is 0.171 bits per heavy atom. The molecule has 70 heavy (non-hydrogen) atoms. The zero-order valence-electron chi connectivity index (χ0n) is 51.1. The summed E-state index contributed by atoms with van der Waals surface area (Å²) in [6.07, 6.45) is 69.5. The fraction of sp³-hybridized carbons (Fsp3) is 1.00. The van der Waals surface area contributed by atoms with Crippen LogP contribution in [0.25, 0.3) is 0 Å². The summed E-state index contributed by atoms with van der Waals surface area (Å²) in [6.45, 7) is 32.1. The molecule has 0 aromatic rings. The van der Waals surface area contributed by atoms with E-state index in [0.717, 1.165) is 0 Å². The normalized spacial score (nSPS) is 11.6. The lowest BCUT2D eigenvalue weighted by Gasteiger charge is -2.40. The molecule has 0 atom stereocenters. The maximum absolute atomic E-state index is 8.93. The third-order valence-corrected chi connectivity index (χ3v) is 15.9. The van der Waals surface area contributed by atoms with E-state index in [-0.39, 0.29) is 12.1 Å². The van der Waals surface area contributed by atoms with Crippen molar-refractivity contribution in [1.29, 1.82) is 0 Å². The van der Waals surface area contributed by atoms with Crippen LogP contribution >= 0.6 is 0 Å². The van der Waals surface area contributed by atoms with Crippen molar-refractivity contribution in [3.05, 3.63) is 0 Å². The van der Waals surface area contributed by atoms with E-state index in [1.165, 1.54) is 370 Å². The van der Waals surface area contributed by atoms with Crippen LogP contribution in [-0.2, 0) is 0 Å². The van der Waals surface area contributed by atoms with Gasteiger partial charge in [0, 0.05) is 0 Å². The zero-order chi connectivity index (χ0) is 51.3. The van der Waals surface area contributed by atoms with Crippen LogP contribution in [0.3, 0.4) is 0 Å². The van der Waals surface area contributed by atoms with Crippen LogP contribution in [0.15, 0.2) is 0 Å². The molecule has 0 spiro atoms. The highest BCUT2D eigenvalue weighted by molar-refractivity contribution is 4.57. The SMILES string of the molecule is CCCCCCCC[N+](CCCCCCCC)(CCCCCCCC)CCCCCCCC.CCCCCCCC[N+](CCCCCCCC)(CCCCCCCC)CCCCCCCC.CC[O-].[OH-]. The first-order valence-corrected chi connectivity index (χ1v) is 33.2. The van der Waals surface area contributed by atoms with Crippen LogP contribution in [0.1, 0.15) is 371 Å². The van der Waals surface area contributed by atoms with Gasteiger partial charge in [0.1, 0.15) is 0 Å². The van der Waals surface area contributed by atoms with E-state index in [1.54, 1.807) is 6.92 Å². The van der Waals surface area contributed by atoms with Crippen molar-refractivity contribution in [2.45, 2.75) is 371 Å². The summed E-state index contributed by atoms with van der Waals surface area (Å²) < 4.78 is 2.95. The van der Waals surface area contributed by atoms with E-state index in [1.807, 2.05) is 0 Å². The molecule has 1 N–H and O–H groups in total. The highest BCUT2D eigenvalue weighted by Gasteiger charge is 2.27. The Kier molecular flexibility index (Phi) is 72.9. The average molecular weight is 996 g/mol. The lowest BCUT2D eigenvalue weighted by molar-refractivity contribution is -0.929. The second-order valence-corrected chi connectivity index (χ2v) is 22.9. The first kappa shape index (κ1) is 76.3. The Hall–Kier alpha value is -0.160. The molecule has 0 rings (SSSR count). The second kappa shape index (κ2) is 66.9. The molecule has 0 aromatic heterocycles. The van der Waals surface area contributed by atoms with Crippen LogP contribution in [0.5, 0.6) is 0 Å². The van der Waals surface area contributed by atoms with E-state index in [0.29, 0.717) is 0 Å². The monoisotopic (exact) mass is 995 g/mol. The molecule has 0 aliphatic carbocycles. The van der Waals surface area contributed by atoms with Gasteiger partial charge in [0.15, 0.2) is 0 Å². The van der Waals surface area contributed by atoms with Crippen LogP contribution < -0.4 is 5.11 Å². The van der Waals surface area contributed by atoms with Gasteiger partial charge in [-0.05, 0) is 103 Å². The maximum Gasteiger partial charge on any atom is 0.0786 e. The molecular weight excluding hydrogens is 853 g/mol. The Morgan fingerprint density at radius 3 is 0.357 bits per heavy atom. The summed E-state index contributed by atoms with van der Waals surface area (Å²) in [5, 5.41) is 8.93. The van der Waals surface area contributed by atoms with Gasteiger partial charge in [0.05, 0.1) is 52.4 Å². The molecule has 0 amide bonds. The predicted octanol–water partition coefficient (Wildman–Crippen LogP) is 21.7. The molecule has 0 aliphatic rings. The zero-order valence-corrected chi connectivity index (χ0v) is 51.1. The summed E-state index contributed by atoms with van der Waals surface area (Å²) in [4.78, 5) is 0. The van der Waals surface area contributed by atoms with E-state index < -0.39 is 0 Å². The van der Waals surface area contributed by atoms with Crippen LogP contribution in [0.2, 0.25) is 0 Å². The van der Waals surface area contributed by atoms with Crippen molar-refractivity contribution in [3.8, 4) is 0 Å². The van der Waals surface area contributed by atoms with Crippen molar-refractivity contribution in [1.82, 2.24) is 0 Å². The maximum atomic E-state index is 8.93. The fourth-order valence-corrected chi connectivity index (χ4v) is 11.2. The number of hydrogen-bond donors (Lipinski definition) is 0. The molecule has 0 fully saturated rings. The number of rotatable bonds is 56. The van der Waals surface area contributed by atoms with Gasteiger partial charge < -0.3 is 19.5 Å². The molecule has 0 bridgehead atoms. The standard InChI is InChI=1S/2C32H68N.C2H5O.H2O/c2*1-5-9-13-17-21-25-29-33(30-26-22-18-14-10-6-2,31-27-23-19-15-11-7-3)32-28-24-20-16-12-8-4;1-2-3;/h2*5-32H2,1-4H3;2H2,1H3;1H2/q2*+1;-1;/p-1.